The van der Waals surface area contributed by atoms with Gasteiger partial charge in [0.15, 0.2) is 12.6 Å². The van der Waals surface area contributed by atoms with Crippen molar-refractivity contribution in [2.75, 3.05) is 38.0 Å². The second-order valence-corrected chi connectivity index (χ2v) is 7.57. The zero-order valence-electron chi connectivity index (χ0n) is 16.5. The molecule has 0 unspecified atom stereocenters. The molecule has 0 bridgehead atoms. The summed E-state index contributed by atoms with van der Waals surface area (Å²) in [5.74, 6) is 0.171. The summed E-state index contributed by atoms with van der Waals surface area (Å²) in [6.45, 7) is 12.2. The third-order valence-corrected chi connectivity index (χ3v) is 5.09. The topological polar surface area (TPSA) is 67.1 Å². The van der Waals surface area contributed by atoms with Crippen molar-refractivity contribution in [2.45, 2.75) is 46.2 Å². The number of piperazine rings is 1. The fourth-order valence-electron chi connectivity index (χ4n) is 3.39. The van der Waals surface area contributed by atoms with Gasteiger partial charge in [0.05, 0.1) is 0 Å². The van der Waals surface area contributed by atoms with Crippen molar-refractivity contribution in [2.24, 2.45) is 0 Å². The van der Waals surface area contributed by atoms with E-state index >= 15 is 0 Å². The van der Waals surface area contributed by atoms with E-state index in [1.807, 2.05) is 32.9 Å². The summed E-state index contributed by atoms with van der Waals surface area (Å²) >= 11 is 0. The fraction of sp³-hybridized carbons (Fsp3) is 0.600. The number of benzene rings is 1. The molecule has 1 saturated heterocycles. The molecule has 1 aromatic rings. The third kappa shape index (κ3) is 6.11. The summed E-state index contributed by atoms with van der Waals surface area (Å²) in [6.07, 6.45) is 0.997. The molecule has 1 aliphatic heterocycles. The van der Waals surface area contributed by atoms with Gasteiger partial charge in [0.25, 0.3) is 11.8 Å². The van der Waals surface area contributed by atoms with Gasteiger partial charge in [-0.2, -0.15) is 0 Å². The minimum absolute atomic E-state index is 0.0604. The summed E-state index contributed by atoms with van der Waals surface area (Å²) in [7, 11) is 0. The van der Waals surface area contributed by atoms with E-state index in [1.165, 1.54) is 15.4 Å². The number of hydrogen-bond donors (Lipinski definition) is 4. The molecule has 1 atom stereocenters. The maximum atomic E-state index is 12.5. The van der Waals surface area contributed by atoms with E-state index in [0.29, 0.717) is 6.54 Å². The molecule has 0 aromatic heterocycles. The second kappa shape index (κ2) is 9.69. The third-order valence-electron chi connectivity index (χ3n) is 5.09. The normalized spacial score (nSPS) is 21.3. The number of hydrogen-bond acceptors (Lipinski definition) is 2. The van der Waals surface area contributed by atoms with Crippen molar-refractivity contribution in [3.63, 3.8) is 0 Å². The Kier molecular flexibility index (Phi) is 7.60. The van der Waals surface area contributed by atoms with Crippen LogP contribution in [0.5, 0.6) is 0 Å². The highest BCUT2D eigenvalue weighted by Gasteiger charge is 2.31. The van der Waals surface area contributed by atoms with Gasteiger partial charge in [-0.15, -0.1) is 0 Å². The molecule has 0 spiro atoms. The maximum absolute atomic E-state index is 12.5. The lowest BCUT2D eigenvalue weighted by Gasteiger charge is -2.32. The number of rotatable bonds is 7. The van der Waals surface area contributed by atoms with Crippen molar-refractivity contribution in [1.29, 1.82) is 0 Å². The minimum Gasteiger partial charge on any atom is -0.349 e. The van der Waals surface area contributed by atoms with Crippen LogP contribution in [0.2, 0.25) is 0 Å². The Morgan fingerprint density at radius 2 is 1.65 bits per heavy atom. The van der Waals surface area contributed by atoms with Gasteiger partial charge in [-0.05, 0) is 44.9 Å². The molecule has 1 aliphatic rings. The first kappa shape index (κ1) is 20.4. The number of amides is 2. The largest absolute Gasteiger partial charge is 0.349 e. The molecule has 1 fully saturated rings. The van der Waals surface area contributed by atoms with Crippen LogP contribution in [0.25, 0.3) is 0 Å². The Balaban J connectivity index is 1.78. The summed E-state index contributed by atoms with van der Waals surface area (Å²) in [4.78, 5) is 27.0. The molecule has 0 radical (unpaired) electrons. The Labute approximate surface area is 156 Å². The zero-order chi connectivity index (χ0) is 19.1. The Morgan fingerprint density at radius 1 is 1.04 bits per heavy atom. The molecule has 6 heteroatoms. The molecule has 0 saturated carbocycles. The van der Waals surface area contributed by atoms with Gasteiger partial charge in [-0.3, -0.25) is 9.59 Å². The van der Waals surface area contributed by atoms with Crippen molar-refractivity contribution in [3.8, 4) is 0 Å². The van der Waals surface area contributed by atoms with Gasteiger partial charge in [0.2, 0.25) is 0 Å². The van der Waals surface area contributed by atoms with Gasteiger partial charge < -0.3 is 20.4 Å². The average Bonchev–Trinajstić information content (AvgIpc) is 2.61. The van der Waals surface area contributed by atoms with Crippen LogP contribution < -0.4 is 20.4 Å². The van der Waals surface area contributed by atoms with E-state index in [9.17, 15) is 9.59 Å². The molecule has 26 heavy (non-hydrogen) atoms. The summed E-state index contributed by atoms with van der Waals surface area (Å²) in [6, 6.07) is 8.13. The first-order chi connectivity index (χ1) is 12.4. The molecule has 2 rings (SSSR count). The highest BCUT2D eigenvalue weighted by molar-refractivity contribution is 5.93. The highest BCUT2D eigenvalue weighted by atomic mass is 16.2. The lowest BCUT2D eigenvalue weighted by atomic mass is 10.1. The van der Waals surface area contributed by atoms with Crippen LogP contribution in [0.3, 0.4) is 0 Å². The quantitative estimate of drug-likeness (QED) is 0.497. The van der Waals surface area contributed by atoms with E-state index in [4.69, 9.17) is 0 Å². The van der Waals surface area contributed by atoms with Crippen LogP contribution in [-0.2, 0) is 16.0 Å². The Hall–Kier alpha value is -1.92. The van der Waals surface area contributed by atoms with E-state index < -0.39 is 0 Å². The molecule has 144 valence electrons. The molecule has 4 N–H and O–H groups in total. The number of anilines is 1. The number of nitrogens with one attached hydrogen (secondary N) is 4. The van der Waals surface area contributed by atoms with Gasteiger partial charge in [-0.1, -0.05) is 19.1 Å². The van der Waals surface area contributed by atoms with Gasteiger partial charge in [-0.25, -0.2) is 0 Å². The smallest absolute Gasteiger partial charge is 0.282 e. The van der Waals surface area contributed by atoms with E-state index in [0.717, 1.165) is 38.3 Å². The van der Waals surface area contributed by atoms with E-state index in [1.54, 1.807) is 0 Å². The standard InChI is InChI=1S/C20H32N4O2/c1-5-17-6-8-18(9-7-17)22-20(26)16(4)24-12-10-23(11-13-24)14-19(25)21-15(2)3/h6-9,15-16H,5,10-14H2,1-4H3,(H,21,25)(H,22,26)/p+2/t16-/m0/s1. The van der Waals surface area contributed by atoms with Crippen molar-refractivity contribution >= 4 is 17.5 Å². The number of quaternary nitrogens is 2. The zero-order valence-corrected chi connectivity index (χ0v) is 16.5. The molecule has 1 heterocycles. The van der Waals surface area contributed by atoms with E-state index in [2.05, 4.69) is 29.7 Å². The minimum atomic E-state index is -0.0908. The summed E-state index contributed by atoms with van der Waals surface area (Å²) < 4.78 is 0. The Morgan fingerprint density at radius 3 is 2.19 bits per heavy atom. The van der Waals surface area contributed by atoms with Gasteiger partial charge in [0, 0.05) is 11.7 Å². The Bertz CT molecular complexity index is 592. The van der Waals surface area contributed by atoms with Crippen LogP contribution in [0, 0.1) is 0 Å². The maximum Gasteiger partial charge on any atom is 0.282 e. The van der Waals surface area contributed by atoms with Gasteiger partial charge in [0.1, 0.15) is 26.2 Å². The SMILES string of the molecule is CCc1ccc(NC(=O)[C@H](C)[NH+]2CC[NH+](CC(=O)NC(C)C)CC2)cc1. The average molecular weight is 363 g/mol. The molecule has 1 aromatic carbocycles. The molecular weight excluding hydrogens is 328 g/mol. The first-order valence-corrected chi connectivity index (χ1v) is 9.76. The van der Waals surface area contributed by atoms with Crippen molar-refractivity contribution in [1.82, 2.24) is 5.32 Å². The number of carbonyl (C=O) groups excluding carboxylic acids is 2. The van der Waals surface area contributed by atoms with Crippen molar-refractivity contribution in [3.05, 3.63) is 29.8 Å². The fourth-order valence-corrected chi connectivity index (χ4v) is 3.39. The van der Waals surface area contributed by atoms with Crippen LogP contribution >= 0.6 is 0 Å². The van der Waals surface area contributed by atoms with Crippen LogP contribution in [-0.4, -0.2) is 56.6 Å². The van der Waals surface area contributed by atoms with Crippen LogP contribution in [0.4, 0.5) is 5.69 Å². The lowest BCUT2D eigenvalue weighted by molar-refractivity contribution is -1.01. The summed E-state index contributed by atoms with van der Waals surface area (Å²) in [5.41, 5.74) is 2.12. The van der Waals surface area contributed by atoms with Crippen LogP contribution in [0.15, 0.2) is 24.3 Å². The number of aryl methyl sites for hydroxylation is 1. The summed E-state index contributed by atoms with van der Waals surface area (Å²) in [5, 5.41) is 5.97. The van der Waals surface area contributed by atoms with E-state index in [-0.39, 0.29) is 23.9 Å². The van der Waals surface area contributed by atoms with Crippen molar-refractivity contribution < 1.29 is 19.4 Å². The highest BCUT2D eigenvalue weighted by Crippen LogP contribution is 2.09. The molecule has 0 aliphatic carbocycles. The monoisotopic (exact) mass is 362 g/mol. The lowest BCUT2D eigenvalue weighted by Crippen LogP contribution is -3.30. The van der Waals surface area contributed by atoms with Gasteiger partial charge >= 0.3 is 0 Å². The molecule has 2 amide bonds. The predicted molar refractivity (Wildman–Crippen MR) is 103 cm³/mol. The number of carbonyl (C=O) groups is 2. The molecular formula is C20H34N4O2+2. The first-order valence-electron chi connectivity index (χ1n) is 9.76. The molecule has 6 nitrogen and oxygen atoms in total. The second-order valence-electron chi connectivity index (χ2n) is 7.57. The van der Waals surface area contributed by atoms with Crippen LogP contribution in [0.1, 0.15) is 33.3 Å². The predicted octanol–water partition coefficient (Wildman–Crippen LogP) is -1.12.